The Hall–Kier alpha value is -1.32. The van der Waals surface area contributed by atoms with E-state index in [1.165, 1.54) is 0 Å². The van der Waals surface area contributed by atoms with Gasteiger partial charge in [-0.25, -0.2) is 4.79 Å². The molecule has 0 rings (SSSR count). The molecule has 0 atom stereocenters. The van der Waals surface area contributed by atoms with Crippen molar-refractivity contribution in [3.63, 3.8) is 0 Å². The molecule has 0 fully saturated rings. The minimum atomic E-state index is -0.383. The molecule has 0 aromatic rings. The number of carbonyl (C=O) groups excluding carboxylic acids is 2. The van der Waals surface area contributed by atoms with Crippen molar-refractivity contribution in [2.24, 2.45) is 0 Å². The maximum absolute atomic E-state index is 10.9. The highest BCUT2D eigenvalue weighted by atomic mass is 16.5. The lowest BCUT2D eigenvalue weighted by Crippen LogP contribution is -2.07. The lowest BCUT2D eigenvalue weighted by Gasteiger charge is -2.04. The molecule has 4 heteroatoms. The van der Waals surface area contributed by atoms with Crippen LogP contribution in [0.3, 0.4) is 0 Å². The molecular formula is C11H18O4. The number of hydrogen-bond donors (Lipinski definition) is 0. The summed E-state index contributed by atoms with van der Waals surface area (Å²) in [5.41, 5.74) is 0.389. The third-order valence-corrected chi connectivity index (χ3v) is 1.66. The van der Waals surface area contributed by atoms with E-state index in [0.29, 0.717) is 38.0 Å². The number of carbonyl (C=O) groups is 2. The fourth-order valence-corrected chi connectivity index (χ4v) is 0.893. The highest BCUT2D eigenvalue weighted by Crippen LogP contribution is 2.00. The van der Waals surface area contributed by atoms with Crippen molar-refractivity contribution in [2.45, 2.75) is 33.1 Å². The van der Waals surface area contributed by atoms with E-state index in [1.807, 2.05) is 0 Å². The lowest BCUT2D eigenvalue weighted by atomic mass is 10.2. The first-order valence-electron chi connectivity index (χ1n) is 5.06. The van der Waals surface area contributed by atoms with E-state index in [1.54, 1.807) is 13.8 Å². The minimum Gasteiger partial charge on any atom is -0.466 e. The second kappa shape index (κ2) is 8.03. The van der Waals surface area contributed by atoms with Crippen LogP contribution in [-0.2, 0) is 19.1 Å². The standard InChI is InChI=1S/C11H18O4/c1-4-14-10(12)7-5-6-8-15-11(13)9(2)3/h2,4-8H2,1,3H3. The molecule has 4 nitrogen and oxygen atoms in total. The summed E-state index contributed by atoms with van der Waals surface area (Å²) in [5, 5.41) is 0. The number of ether oxygens (including phenoxy) is 2. The van der Waals surface area contributed by atoms with Crippen molar-refractivity contribution in [3.05, 3.63) is 12.2 Å². The highest BCUT2D eigenvalue weighted by molar-refractivity contribution is 5.86. The summed E-state index contributed by atoms with van der Waals surface area (Å²) in [7, 11) is 0. The van der Waals surface area contributed by atoms with Crippen LogP contribution in [0.1, 0.15) is 33.1 Å². The van der Waals surface area contributed by atoms with Gasteiger partial charge in [-0.05, 0) is 26.7 Å². The summed E-state index contributed by atoms with van der Waals surface area (Å²) in [5.74, 6) is -0.588. The summed E-state index contributed by atoms with van der Waals surface area (Å²) < 4.78 is 9.60. The fourth-order valence-electron chi connectivity index (χ4n) is 0.893. The maximum atomic E-state index is 10.9. The first-order valence-corrected chi connectivity index (χ1v) is 5.06. The first-order chi connectivity index (χ1) is 7.07. The molecule has 0 unspecified atom stereocenters. The number of esters is 2. The largest absolute Gasteiger partial charge is 0.466 e. The molecule has 0 spiro atoms. The average Bonchev–Trinajstić information content (AvgIpc) is 2.17. The summed E-state index contributed by atoms with van der Waals surface area (Å²) in [6, 6.07) is 0. The van der Waals surface area contributed by atoms with Crippen LogP contribution in [0.4, 0.5) is 0 Å². The summed E-state index contributed by atoms with van der Waals surface area (Å²) >= 11 is 0. The van der Waals surface area contributed by atoms with E-state index >= 15 is 0 Å². The Kier molecular flexibility index (Phi) is 7.32. The molecule has 0 radical (unpaired) electrons. The van der Waals surface area contributed by atoms with Gasteiger partial charge in [-0.3, -0.25) is 4.79 Å². The van der Waals surface area contributed by atoms with E-state index in [-0.39, 0.29) is 11.9 Å². The molecule has 0 saturated carbocycles. The molecule has 0 amide bonds. The van der Waals surface area contributed by atoms with Crippen LogP contribution >= 0.6 is 0 Å². The molecule has 0 heterocycles. The van der Waals surface area contributed by atoms with Crippen molar-refractivity contribution < 1.29 is 19.1 Å². The van der Waals surface area contributed by atoms with Crippen molar-refractivity contribution in [3.8, 4) is 0 Å². The fraction of sp³-hybridized carbons (Fsp3) is 0.636. The predicted molar refractivity (Wildman–Crippen MR) is 56.3 cm³/mol. The third-order valence-electron chi connectivity index (χ3n) is 1.66. The zero-order chi connectivity index (χ0) is 11.7. The van der Waals surface area contributed by atoms with Crippen LogP contribution in [-0.4, -0.2) is 25.2 Å². The van der Waals surface area contributed by atoms with Gasteiger partial charge >= 0.3 is 11.9 Å². The normalized spacial score (nSPS) is 9.47. The lowest BCUT2D eigenvalue weighted by molar-refractivity contribution is -0.143. The Morgan fingerprint density at radius 3 is 2.40 bits per heavy atom. The second-order valence-electron chi connectivity index (χ2n) is 3.18. The van der Waals surface area contributed by atoms with Gasteiger partial charge in [-0.2, -0.15) is 0 Å². The molecule has 0 aliphatic carbocycles. The summed E-state index contributed by atoms with van der Waals surface area (Å²) in [6.45, 7) is 7.56. The van der Waals surface area contributed by atoms with Crippen LogP contribution in [0.2, 0.25) is 0 Å². The van der Waals surface area contributed by atoms with E-state index < -0.39 is 0 Å². The van der Waals surface area contributed by atoms with E-state index in [9.17, 15) is 9.59 Å². The van der Waals surface area contributed by atoms with E-state index in [4.69, 9.17) is 9.47 Å². The Labute approximate surface area is 90.2 Å². The molecule has 86 valence electrons. The molecule has 0 bridgehead atoms. The van der Waals surface area contributed by atoms with Crippen molar-refractivity contribution in [1.82, 2.24) is 0 Å². The number of rotatable bonds is 7. The van der Waals surface area contributed by atoms with Crippen LogP contribution in [0.5, 0.6) is 0 Å². The quantitative estimate of drug-likeness (QED) is 0.368. The smallest absolute Gasteiger partial charge is 0.333 e. The van der Waals surface area contributed by atoms with Crippen molar-refractivity contribution >= 4 is 11.9 Å². The molecule has 0 saturated heterocycles. The van der Waals surface area contributed by atoms with Crippen molar-refractivity contribution in [2.75, 3.05) is 13.2 Å². The number of unbranched alkanes of at least 4 members (excludes halogenated alkanes) is 1. The summed E-state index contributed by atoms with van der Waals surface area (Å²) in [4.78, 5) is 21.8. The Morgan fingerprint density at radius 2 is 1.87 bits per heavy atom. The van der Waals surface area contributed by atoms with Gasteiger partial charge in [0, 0.05) is 12.0 Å². The zero-order valence-electron chi connectivity index (χ0n) is 9.38. The molecule has 0 aromatic heterocycles. The van der Waals surface area contributed by atoms with Gasteiger partial charge in [0.15, 0.2) is 0 Å². The van der Waals surface area contributed by atoms with Crippen LogP contribution in [0.15, 0.2) is 12.2 Å². The highest BCUT2D eigenvalue weighted by Gasteiger charge is 2.04. The van der Waals surface area contributed by atoms with Gasteiger partial charge in [0.25, 0.3) is 0 Å². The number of hydrogen-bond acceptors (Lipinski definition) is 4. The van der Waals surface area contributed by atoms with Gasteiger partial charge in [-0.15, -0.1) is 0 Å². The van der Waals surface area contributed by atoms with Gasteiger partial charge < -0.3 is 9.47 Å². The van der Waals surface area contributed by atoms with Gasteiger partial charge in [0.05, 0.1) is 13.2 Å². The van der Waals surface area contributed by atoms with E-state index in [2.05, 4.69) is 6.58 Å². The van der Waals surface area contributed by atoms with Crippen molar-refractivity contribution in [1.29, 1.82) is 0 Å². The molecule has 0 aromatic carbocycles. The monoisotopic (exact) mass is 214 g/mol. The zero-order valence-corrected chi connectivity index (χ0v) is 9.38. The Balaban J connectivity index is 3.36. The molecule has 0 aliphatic rings. The summed E-state index contributed by atoms with van der Waals surface area (Å²) in [6.07, 6.45) is 1.71. The molecular weight excluding hydrogens is 196 g/mol. The van der Waals surface area contributed by atoms with Gasteiger partial charge in [0.1, 0.15) is 0 Å². The SMILES string of the molecule is C=C(C)C(=O)OCCCCC(=O)OCC. The Bertz CT molecular complexity index is 233. The second-order valence-corrected chi connectivity index (χ2v) is 3.18. The molecule has 0 aliphatic heterocycles. The van der Waals surface area contributed by atoms with E-state index in [0.717, 1.165) is 0 Å². The van der Waals surface area contributed by atoms with Gasteiger partial charge in [0.2, 0.25) is 0 Å². The minimum absolute atomic E-state index is 0.205. The maximum Gasteiger partial charge on any atom is 0.333 e. The topological polar surface area (TPSA) is 52.6 Å². The van der Waals surface area contributed by atoms with Crippen LogP contribution in [0, 0.1) is 0 Å². The average molecular weight is 214 g/mol. The van der Waals surface area contributed by atoms with Crippen LogP contribution < -0.4 is 0 Å². The predicted octanol–water partition coefficient (Wildman–Crippen LogP) is 1.84. The first kappa shape index (κ1) is 13.7. The Morgan fingerprint density at radius 1 is 1.20 bits per heavy atom. The third kappa shape index (κ3) is 7.73. The molecule has 0 N–H and O–H groups in total. The van der Waals surface area contributed by atoms with Gasteiger partial charge in [-0.1, -0.05) is 6.58 Å². The van der Waals surface area contributed by atoms with Crippen LogP contribution in [0.25, 0.3) is 0 Å². The molecule has 15 heavy (non-hydrogen) atoms.